The largest absolute Gasteiger partial charge is 0.334 e. The number of nitrogens with zero attached hydrogens (tertiary/aromatic N) is 2. The van der Waals surface area contributed by atoms with E-state index in [4.69, 9.17) is 5.73 Å². The van der Waals surface area contributed by atoms with E-state index >= 15 is 0 Å². The predicted molar refractivity (Wildman–Crippen MR) is 56.8 cm³/mol. The molecule has 1 aromatic rings. The van der Waals surface area contributed by atoms with Gasteiger partial charge in [-0.2, -0.15) is 0 Å². The maximum absolute atomic E-state index is 5.54. The van der Waals surface area contributed by atoms with Gasteiger partial charge in [-0.1, -0.05) is 19.8 Å². The highest BCUT2D eigenvalue weighted by Crippen LogP contribution is 2.31. The summed E-state index contributed by atoms with van der Waals surface area (Å²) in [5.41, 5.74) is 6.55. The van der Waals surface area contributed by atoms with Crippen molar-refractivity contribution < 1.29 is 0 Å². The van der Waals surface area contributed by atoms with Crippen molar-refractivity contribution in [1.29, 1.82) is 0 Å². The zero-order valence-electron chi connectivity index (χ0n) is 8.82. The van der Waals surface area contributed by atoms with E-state index in [1.165, 1.54) is 25.7 Å². The second-order valence-corrected chi connectivity index (χ2v) is 4.44. The fourth-order valence-electron chi connectivity index (χ4n) is 2.36. The molecule has 78 valence electrons. The lowest BCUT2D eigenvalue weighted by Gasteiger charge is -2.27. The third-order valence-electron chi connectivity index (χ3n) is 3.19. The van der Waals surface area contributed by atoms with Gasteiger partial charge in [-0.25, -0.2) is 4.98 Å². The van der Waals surface area contributed by atoms with Gasteiger partial charge in [0.2, 0.25) is 0 Å². The average molecular weight is 193 g/mol. The molecule has 14 heavy (non-hydrogen) atoms. The Hall–Kier alpha value is -0.830. The summed E-state index contributed by atoms with van der Waals surface area (Å²) in [6.45, 7) is 2.89. The molecule has 1 fully saturated rings. The van der Waals surface area contributed by atoms with Crippen LogP contribution in [-0.4, -0.2) is 9.55 Å². The monoisotopic (exact) mass is 193 g/mol. The molecule has 0 saturated heterocycles. The normalized spacial score (nSPS) is 27.9. The van der Waals surface area contributed by atoms with Crippen molar-refractivity contribution in [3.05, 3.63) is 18.2 Å². The highest BCUT2D eigenvalue weighted by Gasteiger charge is 2.19. The minimum absolute atomic E-state index is 0.551. The predicted octanol–water partition coefficient (Wildman–Crippen LogP) is 2.09. The molecule has 3 heteroatoms. The second kappa shape index (κ2) is 4.13. The van der Waals surface area contributed by atoms with E-state index in [1.54, 1.807) is 0 Å². The Morgan fingerprint density at radius 1 is 1.57 bits per heavy atom. The van der Waals surface area contributed by atoms with Gasteiger partial charge < -0.3 is 10.3 Å². The molecule has 0 aliphatic heterocycles. The van der Waals surface area contributed by atoms with Crippen LogP contribution in [0.4, 0.5) is 0 Å². The lowest BCUT2D eigenvalue weighted by atomic mass is 9.87. The molecule has 0 amide bonds. The first-order valence-electron chi connectivity index (χ1n) is 5.52. The molecule has 2 unspecified atom stereocenters. The van der Waals surface area contributed by atoms with Crippen molar-refractivity contribution in [3.8, 4) is 0 Å². The lowest BCUT2D eigenvalue weighted by Crippen LogP contribution is -2.16. The van der Waals surface area contributed by atoms with Crippen LogP contribution in [0.15, 0.2) is 12.5 Å². The molecular formula is C11H19N3. The number of hydrogen-bond acceptors (Lipinski definition) is 2. The molecule has 3 nitrogen and oxygen atoms in total. The van der Waals surface area contributed by atoms with Gasteiger partial charge in [-0.3, -0.25) is 0 Å². The van der Waals surface area contributed by atoms with E-state index in [1.807, 2.05) is 6.33 Å². The number of rotatable bonds is 2. The Kier molecular flexibility index (Phi) is 2.87. The molecule has 1 saturated carbocycles. The Labute approximate surface area is 85.3 Å². The summed E-state index contributed by atoms with van der Waals surface area (Å²) in [5, 5.41) is 0. The Morgan fingerprint density at radius 3 is 3.07 bits per heavy atom. The molecule has 2 N–H and O–H groups in total. The van der Waals surface area contributed by atoms with Crippen molar-refractivity contribution in [1.82, 2.24) is 9.55 Å². The first-order chi connectivity index (χ1) is 6.79. The van der Waals surface area contributed by atoms with Crippen LogP contribution in [0.25, 0.3) is 0 Å². The van der Waals surface area contributed by atoms with Gasteiger partial charge in [0, 0.05) is 18.8 Å². The van der Waals surface area contributed by atoms with Crippen LogP contribution in [-0.2, 0) is 6.54 Å². The van der Waals surface area contributed by atoms with E-state index in [0.29, 0.717) is 12.6 Å². The summed E-state index contributed by atoms with van der Waals surface area (Å²) in [5.74, 6) is 0.859. The third-order valence-corrected chi connectivity index (χ3v) is 3.19. The highest BCUT2D eigenvalue weighted by molar-refractivity contribution is 4.97. The zero-order valence-corrected chi connectivity index (χ0v) is 8.82. The summed E-state index contributed by atoms with van der Waals surface area (Å²) < 4.78 is 2.25. The molecule has 2 atom stereocenters. The van der Waals surface area contributed by atoms with Crippen molar-refractivity contribution in [2.45, 2.75) is 45.2 Å². The van der Waals surface area contributed by atoms with Crippen molar-refractivity contribution in [2.24, 2.45) is 11.7 Å². The summed E-state index contributed by atoms with van der Waals surface area (Å²) in [4.78, 5) is 4.27. The standard InChI is InChI=1S/C11H19N3/c1-9-3-2-4-11(5-9)14-7-10(6-12)13-8-14/h7-9,11H,2-6,12H2,1H3. The van der Waals surface area contributed by atoms with Crippen LogP contribution in [0, 0.1) is 5.92 Å². The van der Waals surface area contributed by atoms with E-state index in [2.05, 4.69) is 22.7 Å². The number of nitrogens with two attached hydrogens (primary N) is 1. The molecule has 1 aliphatic carbocycles. The molecular weight excluding hydrogens is 174 g/mol. The van der Waals surface area contributed by atoms with Gasteiger partial charge in [0.05, 0.1) is 12.0 Å². The Bertz CT molecular complexity index is 292. The summed E-state index contributed by atoms with van der Waals surface area (Å²) in [7, 11) is 0. The van der Waals surface area contributed by atoms with Crippen LogP contribution < -0.4 is 5.73 Å². The van der Waals surface area contributed by atoms with Crippen molar-refractivity contribution in [2.75, 3.05) is 0 Å². The van der Waals surface area contributed by atoms with Gasteiger partial charge >= 0.3 is 0 Å². The minimum Gasteiger partial charge on any atom is -0.334 e. The quantitative estimate of drug-likeness (QED) is 0.781. The van der Waals surface area contributed by atoms with Crippen LogP contribution in [0.5, 0.6) is 0 Å². The maximum Gasteiger partial charge on any atom is 0.0952 e. The third kappa shape index (κ3) is 1.98. The highest BCUT2D eigenvalue weighted by atomic mass is 15.1. The minimum atomic E-state index is 0.551. The molecule has 0 bridgehead atoms. The van der Waals surface area contributed by atoms with Crippen molar-refractivity contribution >= 4 is 0 Å². The Balaban J connectivity index is 2.06. The summed E-state index contributed by atoms with van der Waals surface area (Å²) in [6, 6.07) is 0.659. The van der Waals surface area contributed by atoms with Gasteiger partial charge in [0.25, 0.3) is 0 Å². The van der Waals surface area contributed by atoms with E-state index in [-0.39, 0.29) is 0 Å². The summed E-state index contributed by atoms with van der Waals surface area (Å²) in [6.07, 6.45) is 9.36. The van der Waals surface area contributed by atoms with Gasteiger partial charge in [0.1, 0.15) is 0 Å². The topological polar surface area (TPSA) is 43.8 Å². The van der Waals surface area contributed by atoms with Gasteiger partial charge in [-0.15, -0.1) is 0 Å². The lowest BCUT2D eigenvalue weighted by molar-refractivity contribution is 0.282. The number of aromatic nitrogens is 2. The maximum atomic E-state index is 5.54. The van der Waals surface area contributed by atoms with E-state index in [9.17, 15) is 0 Å². The molecule has 0 spiro atoms. The first-order valence-corrected chi connectivity index (χ1v) is 5.52. The van der Waals surface area contributed by atoms with Crippen LogP contribution in [0.3, 0.4) is 0 Å². The molecule has 0 aromatic carbocycles. The van der Waals surface area contributed by atoms with Crippen LogP contribution in [0.2, 0.25) is 0 Å². The molecule has 1 heterocycles. The zero-order chi connectivity index (χ0) is 9.97. The van der Waals surface area contributed by atoms with Crippen LogP contribution >= 0.6 is 0 Å². The molecule has 1 aliphatic rings. The fraction of sp³-hybridized carbons (Fsp3) is 0.727. The first kappa shape index (κ1) is 9.71. The Morgan fingerprint density at radius 2 is 2.43 bits per heavy atom. The molecule has 1 aromatic heterocycles. The SMILES string of the molecule is CC1CCCC(n2cnc(CN)c2)C1. The van der Waals surface area contributed by atoms with Crippen LogP contribution in [0.1, 0.15) is 44.3 Å². The molecule has 0 radical (unpaired) electrons. The second-order valence-electron chi connectivity index (χ2n) is 4.44. The fourth-order valence-corrected chi connectivity index (χ4v) is 2.36. The van der Waals surface area contributed by atoms with Crippen molar-refractivity contribution in [3.63, 3.8) is 0 Å². The molecule has 2 rings (SSSR count). The summed E-state index contributed by atoms with van der Waals surface area (Å²) >= 11 is 0. The van der Waals surface area contributed by atoms with Gasteiger partial charge in [-0.05, 0) is 18.8 Å². The van der Waals surface area contributed by atoms with E-state index < -0.39 is 0 Å². The smallest absolute Gasteiger partial charge is 0.0952 e. The number of imidazole rings is 1. The average Bonchev–Trinajstić information content (AvgIpc) is 2.66. The van der Waals surface area contributed by atoms with E-state index in [0.717, 1.165) is 11.6 Å². The van der Waals surface area contributed by atoms with Gasteiger partial charge in [0.15, 0.2) is 0 Å². The number of hydrogen-bond donors (Lipinski definition) is 1.